The second-order valence-electron chi connectivity index (χ2n) is 5.36. The zero-order chi connectivity index (χ0) is 14.5. The molecule has 1 aliphatic heterocycles. The van der Waals surface area contributed by atoms with Gasteiger partial charge in [-0.25, -0.2) is 4.98 Å². The van der Waals surface area contributed by atoms with Crippen LogP contribution in [0.3, 0.4) is 0 Å². The largest absolute Gasteiger partial charge is 0.369 e. The first-order valence-electron chi connectivity index (χ1n) is 7.34. The summed E-state index contributed by atoms with van der Waals surface area (Å²) in [6, 6.07) is 10.1. The van der Waals surface area contributed by atoms with Crippen LogP contribution in [-0.4, -0.2) is 48.1 Å². The summed E-state index contributed by atoms with van der Waals surface area (Å²) in [7, 11) is 2.17. The first-order chi connectivity index (χ1) is 10.3. The molecular weight excluding hydrogens is 262 g/mol. The van der Waals surface area contributed by atoms with Crippen LogP contribution in [0, 0.1) is 0 Å². The first kappa shape index (κ1) is 13.8. The van der Waals surface area contributed by atoms with Crippen LogP contribution in [0.25, 0.3) is 0 Å². The Kier molecular flexibility index (Phi) is 4.31. The van der Waals surface area contributed by atoms with Crippen LogP contribution in [0.5, 0.6) is 0 Å². The van der Waals surface area contributed by atoms with E-state index in [9.17, 15) is 0 Å². The van der Waals surface area contributed by atoms with Gasteiger partial charge < -0.3 is 15.1 Å². The van der Waals surface area contributed by atoms with Crippen molar-refractivity contribution in [2.75, 3.05) is 43.4 Å². The summed E-state index contributed by atoms with van der Waals surface area (Å²) in [6.45, 7) is 5.05. The van der Waals surface area contributed by atoms with Crippen molar-refractivity contribution < 1.29 is 0 Å². The van der Waals surface area contributed by atoms with Crippen LogP contribution >= 0.6 is 0 Å². The summed E-state index contributed by atoms with van der Waals surface area (Å²) in [6.07, 6.45) is 3.68. The minimum absolute atomic E-state index is 0.694. The molecule has 0 radical (unpaired) electrons. The standard InChI is InChI=1S/C16H21N5/c1-20-8-10-21(11-9-20)15-5-7-18-16(12-15)19-13-14-4-2-3-6-17-14/h2-7,12H,8-11,13H2,1H3,(H,18,19). The van der Waals surface area contributed by atoms with Gasteiger partial charge in [0.05, 0.1) is 12.2 Å². The predicted octanol–water partition coefficient (Wildman–Crippen LogP) is 1.84. The van der Waals surface area contributed by atoms with Gasteiger partial charge in [0.15, 0.2) is 0 Å². The van der Waals surface area contributed by atoms with E-state index in [2.05, 4.69) is 44.3 Å². The minimum atomic E-state index is 0.694. The fourth-order valence-corrected chi connectivity index (χ4v) is 2.46. The van der Waals surface area contributed by atoms with Crippen LogP contribution in [0.4, 0.5) is 11.5 Å². The number of rotatable bonds is 4. The Morgan fingerprint density at radius 2 is 1.90 bits per heavy atom. The molecule has 3 heterocycles. The van der Waals surface area contributed by atoms with Crippen molar-refractivity contribution in [2.24, 2.45) is 0 Å². The van der Waals surface area contributed by atoms with Crippen LogP contribution in [-0.2, 0) is 6.54 Å². The monoisotopic (exact) mass is 283 g/mol. The normalized spacial score (nSPS) is 16.0. The number of likely N-dealkylation sites (N-methyl/N-ethyl adjacent to an activating group) is 1. The van der Waals surface area contributed by atoms with E-state index in [1.165, 1.54) is 5.69 Å². The highest BCUT2D eigenvalue weighted by molar-refractivity contribution is 5.54. The summed E-state index contributed by atoms with van der Waals surface area (Å²) in [5, 5.41) is 3.34. The maximum Gasteiger partial charge on any atom is 0.128 e. The fourth-order valence-electron chi connectivity index (χ4n) is 2.46. The lowest BCUT2D eigenvalue weighted by Crippen LogP contribution is -2.44. The van der Waals surface area contributed by atoms with Crippen molar-refractivity contribution in [3.63, 3.8) is 0 Å². The van der Waals surface area contributed by atoms with Crippen molar-refractivity contribution in [1.29, 1.82) is 0 Å². The molecule has 5 nitrogen and oxygen atoms in total. The molecule has 0 aromatic carbocycles. The molecule has 0 spiro atoms. The molecule has 0 amide bonds. The molecule has 1 aliphatic rings. The number of aromatic nitrogens is 2. The molecular formula is C16H21N5. The van der Waals surface area contributed by atoms with E-state index in [1.807, 2.05) is 30.6 Å². The van der Waals surface area contributed by atoms with Gasteiger partial charge in [-0.3, -0.25) is 4.98 Å². The topological polar surface area (TPSA) is 44.3 Å². The van der Waals surface area contributed by atoms with Gasteiger partial charge in [0.1, 0.15) is 5.82 Å². The highest BCUT2D eigenvalue weighted by Crippen LogP contribution is 2.19. The summed E-state index contributed by atoms with van der Waals surface area (Å²) in [5.41, 5.74) is 2.26. The summed E-state index contributed by atoms with van der Waals surface area (Å²) in [5.74, 6) is 0.900. The van der Waals surface area contributed by atoms with Gasteiger partial charge in [0, 0.05) is 50.3 Å². The van der Waals surface area contributed by atoms with E-state index in [-0.39, 0.29) is 0 Å². The SMILES string of the molecule is CN1CCN(c2ccnc(NCc3ccccn3)c2)CC1. The summed E-state index contributed by atoms with van der Waals surface area (Å²) < 4.78 is 0. The van der Waals surface area contributed by atoms with Gasteiger partial charge >= 0.3 is 0 Å². The molecule has 2 aromatic heterocycles. The van der Waals surface area contributed by atoms with Gasteiger partial charge in [-0.2, -0.15) is 0 Å². The van der Waals surface area contributed by atoms with E-state index < -0.39 is 0 Å². The molecule has 5 heteroatoms. The van der Waals surface area contributed by atoms with Crippen molar-refractivity contribution in [3.05, 3.63) is 48.4 Å². The highest BCUT2D eigenvalue weighted by Gasteiger charge is 2.14. The average molecular weight is 283 g/mol. The van der Waals surface area contributed by atoms with Gasteiger partial charge in [-0.1, -0.05) is 6.07 Å². The Bertz CT molecular complexity index is 564. The third-order valence-corrected chi connectivity index (χ3v) is 3.79. The number of hydrogen-bond donors (Lipinski definition) is 1. The molecule has 0 aliphatic carbocycles. The second kappa shape index (κ2) is 6.54. The van der Waals surface area contributed by atoms with Crippen molar-refractivity contribution in [3.8, 4) is 0 Å². The highest BCUT2D eigenvalue weighted by atomic mass is 15.2. The van der Waals surface area contributed by atoms with Crippen molar-refractivity contribution in [2.45, 2.75) is 6.54 Å². The zero-order valence-electron chi connectivity index (χ0n) is 12.4. The number of piperazine rings is 1. The quantitative estimate of drug-likeness (QED) is 0.927. The molecule has 2 aromatic rings. The lowest BCUT2D eigenvalue weighted by Gasteiger charge is -2.34. The second-order valence-corrected chi connectivity index (χ2v) is 5.36. The van der Waals surface area contributed by atoms with Gasteiger partial charge in [0.25, 0.3) is 0 Å². The smallest absolute Gasteiger partial charge is 0.128 e. The Morgan fingerprint density at radius 3 is 2.67 bits per heavy atom. The predicted molar refractivity (Wildman–Crippen MR) is 85.5 cm³/mol. The van der Waals surface area contributed by atoms with Gasteiger partial charge in [-0.15, -0.1) is 0 Å². The third kappa shape index (κ3) is 3.70. The summed E-state index contributed by atoms with van der Waals surface area (Å²) in [4.78, 5) is 13.5. The van der Waals surface area contributed by atoms with Gasteiger partial charge in [0.2, 0.25) is 0 Å². The van der Waals surface area contributed by atoms with Crippen molar-refractivity contribution >= 4 is 11.5 Å². The lowest BCUT2D eigenvalue weighted by atomic mass is 10.2. The molecule has 1 saturated heterocycles. The molecule has 3 rings (SSSR count). The third-order valence-electron chi connectivity index (χ3n) is 3.79. The lowest BCUT2D eigenvalue weighted by molar-refractivity contribution is 0.313. The molecule has 0 unspecified atom stereocenters. The van der Waals surface area contributed by atoms with Crippen molar-refractivity contribution in [1.82, 2.24) is 14.9 Å². The Morgan fingerprint density at radius 1 is 1.05 bits per heavy atom. The number of anilines is 2. The van der Waals surface area contributed by atoms with E-state index in [4.69, 9.17) is 0 Å². The minimum Gasteiger partial charge on any atom is -0.369 e. The molecule has 21 heavy (non-hydrogen) atoms. The van der Waals surface area contributed by atoms with E-state index in [0.29, 0.717) is 6.54 Å². The molecule has 1 fully saturated rings. The Balaban J connectivity index is 1.63. The number of nitrogens with zero attached hydrogens (tertiary/aromatic N) is 4. The van der Waals surface area contributed by atoms with Crippen LogP contribution in [0.2, 0.25) is 0 Å². The van der Waals surface area contributed by atoms with Crippen LogP contribution in [0.1, 0.15) is 5.69 Å². The number of pyridine rings is 2. The number of nitrogens with one attached hydrogen (secondary N) is 1. The molecule has 0 bridgehead atoms. The maximum atomic E-state index is 4.39. The maximum absolute atomic E-state index is 4.39. The van der Waals surface area contributed by atoms with Crippen LogP contribution in [0.15, 0.2) is 42.7 Å². The zero-order valence-corrected chi connectivity index (χ0v) is 12.4. The Hall–Kier alpha value is -2.14. The van der Waals surface area contributed by atoms with E-state index in [1.54, 1.807) is 0 Å². The first-order valence-corrected chi connectivity index (χ1v) is 7.34. The number of hydrogen-bond acceptors (Lipinski definition) is 5. The molecule has 1 N–H and O–H groups in total. The van der Waals surface area contributed by atoms with E-state index in [0.717, 1.165) is 37.7 Å². The molecule has 0 saturated carbocycles. The van der Waals surface area contributed by atoms with E-state index >= 15 is 0 Å². The van der Waals surface area contributed by atoms with Crippen LogP contribution < -0.4 is 10.2 Å². The molecule has 110 valence electrons. The molecule has 0 atom stereocenters. The fraction of sp³-hybridized carbons (Fsp3) is 0.375. The Labute approximate surface area is 125 Å². The van der Waals surface area contributed by atoms with Gasteiger partial charge in [-0.05, 0) is 25.2 Å². The average Bonchev–Trinajstić information content (AvgIpc) is 2.55. The summed E-state index contributed by atoms with van der Waals surface area (Å²) >= 11 is 0.